The summed E-state index contributed by atoms with van der Waals surface area (Å²) in [6.07, 6.45) is 0.926. The van der Waals surface area contributed by atoms with E-state index in [0.717, 1.165) is 5.69 Å². The molecule has 0 aliphatic rings. The molecule has 0 unspecified atom stereocenters. The lowest BCUT2D eigenvalue weighted by Gasteiger charge is -2.00. The number of benzene rings is 1. The molecule has 5 heteroatoms. The fraction of sp³-hybridized carbons (Fsp3) is 0.200. The standard InChI is InChI=1S/C10H12N4O/c11-6-10(15)9-7-14(13-12-9)8-4-2-1-3-5-8/h1-5,7,10,15H,6,11H2/t10-/m1/s1. The molecule has 0 aliphatic heterocycles. The number of rotatable bonds is 3. The maximum absolute atomic E-state index is 9.45. The molecule has 0 bridgehead atoms. The Bertz CT molecular complexity index is 426. The molecule has 5 nitrogen and oxygen atoms in total. The molecule has 1 atom stereocenters. The van der Waals surface area contributed by atoms with Gasteiger partial charge in [-0.3, -0.25) is 0 Å². The molecule has 0 aliphatic carbocycles. The molecular formula is C10H12N4O. The lowest BCUT2D eigenvalue weighted by atomic mass is 10.3. The van der Waals surface area contributed by atoms with E-state index in [1.807, 2.05) is 30.3 Å². The predicted molar refractivity (Wildman–Crippen MR) is 55.4 cm³/mol. The first kappa shape index (κ1) is 9.82. The van der Waals surface area contributed by atoms with E-state index in [1.165, 1.54) is 0 Å². The van der Waals surface area contributed by atoms with E-state index in [4.69, 9.17) is 5.73 Å². The molecule has 2 aromatic rings. The average Bonchev–Trinajstić information content (AvgIpc) is 2.78. The zero-order chi connectivity index (χ0) is 10.7. The third-order valence-corrected chi connectivity index (χ3v) is 2.10. The molecule has 1 aromatic carbocycles. The Kier molecular flexibility index (Phi) is 2.75. The van der Waals surface area contributed by atoms with Crippen LogP contribution in [-0.4, -0.2) is 26.6 Å². The number of para-hydroxylation sites is 1. The summed E-state index contributed by atoms with van der Waals surface area (Å²) in [4.78, 5) is 0. The second-order valence-electron chi connectivity index (χ2n) is 3.18. The minimum atomic E-state index is -0.748. The summed E-state index contributed by atoms with van der Waals surface area (Å²) in [6, 6.07) is 9.57. The highest BCUT2D eigenvalue weighted by atomic mass is 16.3. The lowest BCUT2D eigenvalue weighted by molar-refractivity contribution is 0.182. The minimum Gasteiger partial charge on any atom is -0.385 e. The number of nitrogens with zero attached hydrogens (tertiary/aromatic N) is 3. The van der Waals surface area contributed by atoms with Crippen molar-refractivity contribution in [3.63, 3.8) is 0 Å². The van der Waals surface area contributed by atoms with E-state index in [1.54, 1.807) is 10.9 Å². The minimum absolute atomic E-state index is 0.146. The average molecular weight is 204 g/mol. The zero-order valence-electron chi connectivity index (χ0n) is 8.11. The van der Waals surface area contributed by atoms with Crippen LogP contribution in [0.5, 0.6) is 0 Å². The number of aromatic nitrogens is 3. The number of hydrogen-bond acceptors (Lipinski definition) is 4. The van der Waals surface area contributed by atoms with Crippen LogP contribution in [0.25, 0.3) is 5.69 Å². The summed E-state index contributed by atoms with van der Waals surface area (Å²) >= 11 is 0. The molecule has 3 N–H and O–H groups in total. The predicted octanol–water partition coefficient (Wildman–Crippen LogP) is 0.259. The Labute approximate surface area is 87.1 Å². The smallest absolute Gasteiger partial charge is 0.113 e. The van der Waals surface area contributed by atoms with Crippen LogP contribution in [0.4, 0.5) is 0 Å². The Morgan fingerprint density at radius 2 is 2.07 bits per heavy atom. The molecule has 15 heavy (non-hydrogen) atoms. The quantitative estimate of drug-likeness (QED) is 0.751. The summed E-state index contributed by atoms with van der Waals surface area (Å²) in [5, 5.41) is 17.2. The summed E-state index contributed by atoms with van der Waals surface area (Å²) < 4.78 is 1.61. The Hall–Kier alpha value is -1.72. The van der Waals surface area contributed by atoms with Crippen molar-refractivity contribution in [1.82, 2.24) is 15.0 Å². The first-order chi connectivity index (χ1) is 7.31. The summed E-state index contributed by atoms with van der Waals surface area (Å²) in [6.45, 7) is 0.146. The monoisotopic (exact) mass is 204 g/mol. The maximum atomic E-state index is 9.45. The molecule has 1 heterocycles. The molecule has 0 saturated heterocycles. The van der Waals surface area contributed by atoms with Gasteiger partial charge in [0, 0.05) is 6.54 Å². The summed E-state index contributed by atoms with van der Waals surface area (Å²) in [7, 11) is 0. The molecular weight excluding hydrogens is 192 g/mol. The number of aliphatic hydroxyl groups is 1. The first-order valence-electron chi connectivity index (χ1n) is 4.67. The highest BCUT2D eigenvalue weighted by Crippen LogP contribution is 2.10. The van der Waals surface area contributed by atoms with Gasteiger partial charge in [0.25, 0.3) is 0 Å². The van der Waals surface area contributed by atoms with Gasteiger partial charge in [0.2, 0.25) is 0 Å². The fourth-order valence-corrected chi connectivity index (χ4v) is 1.26. The van der Waals surface area contributed by atoms with Crippen LogP contribution in [0.1, 0.15) is 11.8 Å². The number of hydrogen-bond donors (Lipinski definition) is 2. The summed E-state index contributed by atoms with van der Waals surface area (Å²) in [5.74, 6) is 0. The van der Waals surface area contributed by atoms with E-state index in [9.17, 15) is 5.11 Å². The third-order valence-electron chi connectivity index (χ3n) is 2.10. The van der Waals surface area contributed by atoms with Gasteiger partial charge in [-0.25, -0.2) is 4.68 Å². The first-order valence-corrected chi connectivity index (χ1v) is 4.67. The zero-order valence-corrected chi connectivity index (χ0v) is 8.11. The van der Waals surface area contributed by atoms with Crippen LogP contribution in [0, 0.1) is 0 Å². The van der Waals surface area contributed by atoms with E-state index in [2.05, 4.69) is 10.3 Å². The van der Waals surface area contributed by atoms with Gasteiger partial charge in [0.1, 0.15) is 11.8 Å². The van der Waals surface area contributed by atoms with Crippen molar-refractivity contribution in [2.45, 2.75) is 6.10 Å². The molecule has 0 radical (unpaired) electrons. The van der Waals surface area contributed by atoms with Crippen molar-refractivity contribution < 1.29 is 5.11 Å². The topological polar surface area (TPSA) is 77.0 Å². The Morgan fingerprint density at radius 3 is 2.73 bits per heavy atom. The molecule has 78 valence electrons. The molecule has 0 amide bonds. The van der Waals surface area contributed by atoms with Gasteiger partial charge < -0.3 is 10.8 Å². The van der Waals surface area contributed by atoms with Crippen molar-refractivity contribution in [3.05, 3.63) is 42.2 Å². The summed E-state index contributed by atoms with van der Waals surface area (Å²) in [5.41, 5.74) is 6.72. The highest BCUT2D eigenvalue weighted by molar-refractivity contribution is 5.30. The van der Waals surface area contributed by atoms with Gasteiger partial charge >= 0.3 is 0 Å². The van der Waals surface area contributed by atoms with Crippen molar-refractivity contribution in [2.75, 3.05) is 6.54 Å². The van der Waals surface area contributed by atoms with Crippen LogP contribution >= 0.6 is 0 Å². The fourth-order valence-electron chi connectivity index (χ4n) is 1.26. The molecule has 0 saturated carbocycles. The van der Waals surface area contributed by atoms with Crippen molar-refractivity contribution in [1.29, 1.82) is 0 Å². The van der Waals surface area contributed by atoms with Gasteiger partial charge in [-0.2, -0.15) is 0 Å². The molecule has 1 aromatic heterocycles. The third kappa shape index (κ3) is 2.03. The van der Waals surface area contributed by atoms with Crippen molar-refractivity contribution >= 4 is 0 Å². The lowest BCUT2D eigenvalue weighted by Crippen LogP contribution is -2.11. The maximum Gasteiger partial charge on any atom is 0.113 e. The highest BCUT2D eigenvalue weighted by Gasteiger charge is 2.10. The Balaban J connectivity index is 2.28. The molecule has 0 spiro atoms. The second kappa shape index (κ2) is 4.20. The van der Waals surface area contributed by atoms with Crippen molar-refractivity contribution in [2.24, 2.45) is 5.73 Å². The largest absolute Gasteiger partial charge is 0.385 e. The van der Waals surface area contributed by atoms with Gasteiger partial charge in [-0.05, 0) is 12.1 Å². The van der Waals surface area contributed by atoms with Gasteiger partial charge in [0.15, 0.2) is 0 Å². The van der Waals surface area contributed by atoms with E-state index in [0.29, 0.717) is 5.69 Å². The van der Waals surface area contributed by atoms with Gasteiger partial charge in [-0.1, -0.05) is 23.4 Å². The van der Waals surface area contributed by atoms with E-state index >= 15 is 0 Å². The second-order valence-corrected chi connectivity index (χ2v) is 3.18. The van der Waals surface area contributed by atoms with Crippen LogP contribution in [0.3, 0.4) is 0 Å². The van der Waals surface area contributed by atoms with Crippen LogP contribution in [-0.2, 0) is 0 Å². The van der Waals surface area contributed by atoms with Crippen LogP contribution < -0.4 is 5.73 Å². The van der Waals surface area contributed by atoms with E-state index < -0.39 is 6.10 Å². The van der Waals surface area contributed by atoms with Crippen LogP contribution in [0.15, 0.2) is 36.5 Å². The van der Waals surface area contributed by atoms with Gasteiger partial charge in [-0.15, -0.1) is 5.10 Å². The normalized spacial score (nSPS) is 12.7. The molecule has 2 rings (SSSR count). The SMILES string of the molecule is NC[C@@H](O)c1cn(-c2ccccc2)nn1. The number of aliphatic hydroxyl groups excluding tert-OH is 1. The Morgan fingerprint density at radius 1 is 1.33 bits per heavy atom. The van der Waals surface area contributed by atoms with E-state index in [-0.39, 0.29) is 6.54 Å². The van der Waals surface area contributed by atoms with Gasteiger partial charge in [0.05, 0.1) is 11.9 Å². The van der Waals surface area contributed by atoms with Crippen LogP contribution in [0.2, 0.25) is 0 Å². The van der Waals surface area contributed by atoms with Crippen molar-refractivity contribution in [3.8, 4) is 5.69 Å². The molecule has 0 fully saturated rings. The number of nitrogens with two attached hydrogens (primary N) is 1.